The monoisotopic (exact) mass is 322 g/mol. The lowest BCUT2D eigenvalue weighted by molar-refractivity contribution is -0.143. The summed E-state index contributed by atoms with van der Waals surface area (Å²) in [7, 11) is 0. The van der Waals surface area contributed by atoms with Crippen LogP contribution in [0.4, 0.5) is 10.6 Å². The van der Waals surface area contributed by atoms with Crippen LogP contribution >= 0.6 is 0 Å². The summed E-state index contributed by atoms with van der Waals surface area (Å²) in [5, 5.41) is 2.58. The number of amides is 1. The summed E-state index contributed by atoms with van der Waals surface area (Å²) in [5.41, 5.74) is 0.382. The van der Waals surface area contributed by atoms with Crippen molar-refractivity contribution < 1.29 is 19.1 Å². The number of pyridine rings is 1. The van der Waals surface area contributed by atoms with Crippen molar-refractivity contribution in [3.63, 3.8) is 0 Å². The molecule has 6 nitrogen and oxygen atoms in total. The van der Waals surface area contributed by atoms with Gasteiger partial charge in [-0.05, 0) is 51.7 Å². The molecular formula is C17H26N2O4. The molecule has 0 aliphatic rings. The molecule has 1 unspecified atom stereocenters. The third-order valence-electron chi connectivity index (χ3n) is 3.10. The number of carbonyl (C=O) groups is 2. The molecule has 1 heterocycles. The van der Waals surface area contributed by atoms with Crippen molar-refractivity contribution in [2.75, 3.05) is 11.9 Å². The molecule has 0 aromatic carbocycles. The number of carbonyl (C=O) groups excluding carboxylic acids is 2. The van der Waals surface area contributed by atoms with Crippen LogP contribution in [0.2, 0.25) is 0 Å². The van der Waals surface area contributed by atoms with E-state index in [0.29, 0.717) is 18.8 Å². The molecule has 1 N–H and O–H groups in total. The summed E-state index contributed by atoms with van der Waals surface area (Å²) in [4.78, 5) is 27.5. The van der Waals surface area contributed by atoms with Gasteiger partial charge in [0.2, 0.25) is 0 Å². The largest absolute Gasteiger partial charge is 0.466 e. The minimum absolute atomic E-state index is 0.0529. The van der Waals surface area contributed by atoms with Crippen LogP contribution in [0.5, 0.6) is 0 Å². The first-order valence-corrected chi connectivity index (χ1v) is 7.86. The van der Waals surface area contributed by atoms with Gasteiger partial charge in [-0.15, -0.1) is 0 Å². The van der Waals surface area contributed by atoms with Gasteiger partial charge in [0.15, 0.2) is 0 Å². The molecular weight excluding hydrogens is 296 g/mol. The summed E-state index contributed by atoms with van der Waals surface area (Å²) in [5.74, 6) is 0.251. The fourth-order valence-corrected chi connectivity index (χ4v) is 2.05. The molecule has 0 radical (unpaired) electrons. The molecule has 0 saturated carbocycles. The third kappa shape index (κ3) is 7.13. The van der Waals surface area contributed by atoms with Gasteiger partial charge in [-0.25, -0.2) is 9.78 Å². The third-order valence-corrected chi connectivity index (χ3v) is 3.10. The van der Waals surface area contributed by atoms with E-state index in [1.165, 1.54) is 0 Å². The molecule has 0 spiro atoms. The minimum Gasteiger partial charge on any atom is -0.466 e. The van der Waals surface area contributed by atoms with E-state index in [1.54, 1.807) is 40.0 Å². The van der Waals surface area contributed by atoms with Gasteiger partial charge in [-0.3, -0.25) is 10.1 Å². The van der Waals surface area contributed by atoms with Crippen molar-refractivity contribution in [2.24, 2.45) is 0 Å². The second-order valence-corrected chi connectivity index (χ2v) is 6.22. The predicted molar refractivity (Wildman–Crippen MR) is 88.4 cm³/mol. The number of aromatic nitrogens is 1. The fraction of sp³-hybridized carbons (Fsp3) is 0.588. The van der Waals surface area contributed by atoms with Crippen molar-refractivity contribution in [3.05, 3.63) is 23.9 Å². The van der Waals surface area contributed by atoms with Crippen LogP contribution in [-0.2, 0) is 14.3 Å². The standard InChI is InChI=1S/C17H26N2O4/c1-6-12(10-15(20)22-7-2)13-8-9-14(18-11-13)19-16(21)23-17(3,4)5/h8-9,11-12H,6-7,10H2,1-5H3,(H,18,19,21). The molecule has 1 aromatic heterocycles. The maximum Gasteiger partial charge on any atom is 0.413 e. The molecule has 1 amide bonds. The Hall–Kier alpha value is -2.11. The molecule has 6 heteroatoms. The minimum atomic E-state index is -0.559. The van der Waals surface area contributed by atoms with E-state index in [9.17, 15) is 9.59 Å². The molecule has 1 atom stereocenters. The van der Waals surface area contributed by atoms with E-state index in [4.69, 9.17) is 9.47 Å². The Morgan fingerprint density at radius 1 is 1.26 bits per heavy atom. The van der Waals surface area contributed by atoms with Crippen LogP contribution in [0.15, 0.2) is 18.3 Å². The number of hydrogen-bond acceptors (Lipinski definition) is 5. The van der Waals surface area contributed by atoms with E-state index in [0.717, 1.165) is 12.0 Å². The second kappa shape index (κ2) is 8.50. The van der Waals surface area contributed by atoms with Crippen LogP contribution in [0.1, 0.15) is 58.9 Å². The number of esters is 1. The van der Waals surface area contributed by atoms with E-state index >= 15 is 0 Å². The number of nitrogens with zero attached hydrogens (tertiary/aromatic N) is 1. The zero-order valence-corrected chi connectivity index (χ0v) is 14.5. The Labute approximate surface area is 137 Å². The Balaban J connectivity index is 2.67. The zero-order chi connectivity index (χ0) is 17.5. The highest BCUT2D eigenvalue weighted by atomic mass is 16.6. The highest BCUT2D eigenvalue weighted by molar-refractivity contribution is 5.83. The van der Waals surface area contributed by atoms with Crippen molar-refractivity contribution in [3.8, 4) is 0 Å². The van der Waals surface area contributed by atoms with Crippen LogP contribution in [-0.4, -0.2) is 29.3 Å². The summed E-state index contributed by atoms with van der Waals surface area (Å²) in [6.07, 6.45) is 2.25. The van der Waals surface area contributed by atoms with Crippen LogP contribution in [0.25, 0.3) is 0 Å². The summed E-state index contributed by atoms with van der Waals surface area (Å²) >= 11 is 0. The van der Waals surface area contributed by atoms with Crippen LogP contribution < -0.4 is 5.32 Å². The van der Waals surface area contributed by atoms with Crippen molar-refractivity contribution in [2.45, 2.75) is 59.0 Å². The second-order valence-electron chi connectivity index (χ2n) is 6.22. The average Bonchev–Trinajstić information content (AvgIpc) is 2.44. The SMILES string of the molecule is CCOC(=O)CC(CC)c1ccc(NC(=O)OC(C)(C)C)nc1. The Kier molecular flexibility index (Phi) is 7.00. The number of ether oxygens (including phenoxy) is 2. The predicted octanol–water partition coefficient (Wildman–Crippen LogP) is 3.88. The van der Waals surface area contributed by atoms with Crippen molar-refractivity contribution >= 4 is 17.9 Å². The first-order valence-electron chi connectivity index (χ1n) is 7.86. The number of hydrogen-bond donors (Lipinski definition) is 1. The van der Waals surface area contributed by atoms with Gasteiger partial charge in [-0.2, -0.15) is 0 Å². The van der Waals surface area contributed by atoms with Gasteiger partial charge >= 0.3 is 12.1 Å². The molecule has 0 bridgehead atoms. The summed E-state index contributed by atoms with van der Waals surface area (Å²) in [6.45, 7) is 9.57. The molecule has 0 saturated heterocycles. The summed E-state index contributed by atoms with van der Waals surface area (Å²) < 4.78 is 10.2. The van der Waals surface area contributed by atoms with Gasteiger partial charge in [0.1, 0.15) is 11.4 Å². The smallest absolute Gasteiger partial charge is 0.413 e. The Bertz CT molecular complexity index is 520. The number of nitrogens with one attached hydrogen (secondary N) is 1. The van der Waals surface area contributed by atoms with E-state index in [1.807, 2.05) is 13.0 Å². The molecule has 0 aliphatic heterocycles. The quantitative estimate of drug-likeness (QED) is 0.804. The van der Waals surface area contributed by atoms with E-state index in [-0.39, 0.29) is 11.9 Å². The average molecular weight is 322 g/mol. The highest BCUT2D eigenvalue weighted by Gasteiger charge is 2.18. The maximum atomic E-state index is 11.7. The van der Waals surface area contributed by atoms with Gasteiger partial charge < -0.3 is 9.47 Å². The van der Waals surface area contributed by atoms with Crippen molar-refractivity contribution in [1.82, 2.24) is 4.98 Å². The summed E-state index contributed by atoms with van der Waals surface area (Å²) in [6, 6.07) is 3.56. The van der Waals surface area contributed by atoms with Gasteiger partial charge in [0, 0.05) is 6.20 Å². The molecule has 23 heavy (non-hydrogen) atoms. The number of rotatable bonds is 6. The lowest BCUT2D eigenvalue weighted by atomic mass is 9.95. The first kappa shape index (κ1) is 18.9. The van der Waals surface area contributed by atoms with E-state index < -0.39 is 11.7 Å². The maximum absolute atomic E-state index is 11.7. The topological polar surface area (TPSA) is 77.5 Å². The molecule has 0 fully saturated rings. The molecule has 128 valence electrons. The molecule has 0 aliphatic carbocycles. The Morgan fingerprint density at radius 2 is 1.96 bits per heavy atom. The fourth-order valence-electron chi connectivity index (χ4n) is 2.05. The van der Waals surface area contributed by atoms with Gasteiger partial charge in [-0.1, -0.05) is 13.0 Å². The van der Waals surface area contributed by atoms with Gasteiger partial charge in [0.25, 0.3) is 0 Å². The van der Waals surface area contributed by atoms with Crippen LogP contribution in [0.3, 0.4) is 0 Å². The zero-order valence-electron chi connectivity index (χ0n) is 14.5. The van der Waals surface area contributed by atoms with Crippen LogP contribution in [0, 0.1) is 0 Å². The normalized spacial score (nSPS) is 12.4. The number of anilines is 1. The van der Waals surface area contributed by atoms with Gasteiger partial charge in [0.05, 0.1) is 13.0 Å². The molecule has 1 rings (SSSR count). The lowest BCUT2D eigenvalue weighted by Gasteiger charge is -2.19. The van der Waals surface area contributed by atoms with E-state index in [2.05, 4.69) is 10.3 Å². The lowest BCUT2D eigenvalue weighted by Crippen LogP contribution is -2.27. The molecule has 1 aromatic rings. The first-order chi connectivity index (χ1) is 10.7. The Morgan fingerprint density at radius 3 is 2.43 bits per heavy atom. The highest BCUT2D eigenvalue weighted by Crippen LogP contribution is 2.24. The van der Waals surface area contributed by atoms with Crippen molar-refractivity contribution in [1.29, 1.82) is 0 Å².